The summed E-state index contributed by atoms with van der Waals surface area (Å²) >= 11 is 0. The number of rotatable bonds is 8. The van der Waals surface area contributed by atoms with Crippen LogP contribution in [0, 0.1) is 22.9 Å². The van der Waals surface area contributed by atoms with Crippen molar-refractivity contribution in [2.45, 2.75) is 26.3 Å². The Balaban J connectivity index is 2.58. The largest absolute Gasteiger partial charge is 0.494 e. The number of methoxy groups -OCH3 is 2. The van der Waals surface area contributed by atoms with Crippen LogP contribution in [0.15, 0.2) is 24.4 Å². The maximum atomic E-state index is 14.2. The van der Waals surface area contributed by atoms with E-state index in [9.17, 15) is 14.5 Å². The van der Waals surface area contributed by atoms with Crippen LogP contribution in [0.25, 0.3) is 11.1 Å². The van der Waals surface area contributed by atoms with Gasteiger partial charge in [-0.25, -0.2) is 9.37 Å². The number of aryl methyl sites for hydroxylation is 1. The molecule has 0 aliphatic heterocycles. The number of nitrogens with zero attached hydrogens (tertiary/aromatic N) is 2. The summed E-state index contributed by atoms with van der Waals surface area (Å²) < 4.78 is 24.3. The number of aromatic nitrogens is 1. The Morgan fingerprint density at radius 1 is 1.35 bits per heavy atom. The molecule has 140 valence electrons. The van der Waals surface area contributed by atoms with Crippen LogP contribution < -0.4 is 10.1 Å². The average molecular weight is 363 g/mol. The van der Waals surface area contributed by atoms with Crippen LogP contribution in [-0.4, -0.2) is 36.8 Å². The van der Waals surface area contributed by atoms with E-state index < -0.39 is 10.7 Å². The van der Waals surface area contributed by atoms with E-state index >= 15 is 0 Å². The molecule has 0 aliphatic carbocycles. The second-order valence-electron chi connectivity index (χ2n) is 5.82. The fraction of sp³-hybridized carbons (Fsp3) is 0.389. The van der Waals surface area contributed by atoms with Crippen LogP contribution in [-0.2, 0) is 4.74 Å². The minimum absolute atomic E-state index is 0.0902. The SMILES string of the molecule is CC[C@H](COC)Nc1nccc(-c2cc(F)c(OC)cc2C)c1[N+](=O)[O-]. The first-order valence-corrected chi connectivity index (χ1v) is 8.16. The van der Waals surface area contributed by atoms with Gasteiger partial charge in [-0.05, 0) is 42.7 Å². The van der Waals surface area contributed by atoms with Gasteiger partial charge >= 0.3 is 5.69 Å². The van der Waals surface area contributed by atoms with E-state index in [4.69, 9.17) is 9.47 Å². The third-order valence-corrected chi connectivity index (χ3v) is 4.10. The number of pyridine rings is 1. The lowest BCUT2D eigenvalue weighted by molar-refractivity contribution is -0.383. The van der Waals surface area contributed by atoms with Gasteiger partial charge in [-0.2, -0.15) is 0 Å². The molecule has 0 radical (unpaired) electrons. The Bertz CT molecular complexity index is 798. The zero-order chi connectivity index (χ0) is 19.3. The Morgan fingerprint density at radius 2 is 2.08 bits per heavy atom. The number of hydrogen-bond donors (Lipinski definition) is 1. The molecule has 1 atom stereocenters. The van der Waals surface area contributed by atoms with Gasteiger partial charge in [0.15, 0.2) is 11.6 Å². The summed E-state index contributed by atoms with van der Waals surface area (Å²) in [5.74, 6) is -0.362. The molecular formula is C18H22FN3O4. The first-order valence-electron chi connectivity index (χ1n) is 8.16. The van der Waals surface area contributed by atoms with Gasteiger partial charge in [0.1, 0.15) is 0 Å². The van der Waals surface area contributed by atoms with Crippen molar-refractivity contribution in [3.8, 4) is 16.9 Å². The summed E-state index contributed by atoms with van der Waals surface area (Å²) in [5, 5.41) is 14.8. The van der Waals surface area contributed by atoms with Crippen molar-refractivity contribution in [2.75, 3.05) is 26.1 Å². The number of anilines is 1. The van der Waals surface area contributed by atoms with E-state index in [0.717, 1.165) is 0 Å². The molecule has 0 bridgehead atoms. The van der Waals surface area contributed by atoms with E-state index in [-0.39, 0.29) is 23.3 Å². The molecule has 0 saturated carbocycles. The molecule has 1 heterocycles. The van der Waals surface area contributed by atoms with Crippen LogP contribution in [0.5, 0.6) is 5.75 Å². The zero-order valence-corrected chi connectivity index (χ0v) is 15.2. The Hall–Kier alpha value is -2.74. The smallest absolute Gasteiger partial charge is 0.319 e. The van der Waals surface area contributed by atoms with E-state index in [0.29, 0.717) is 29.7 Å². The van der Waals surface area contributed by atoms with Crippen LogP contribution in [0.3, 0.4) is 0 Å². The highest BCUT2D eigenvalue weighted by Gasteiger charge is 2.25. The third-order valence-electron chi connectivity index (χ3n) is 4.10. The molecule has 1 N–H and O–H groups in total. The molecule has 0 unspecified atom stereocenters. The second-order valence-corrected chi connectivity index (χ2v) is 5.82. The van der Waals surface area contributed by atoms with E-state index in [2.05, 4.69) is 10.3 Å². The van der Waals surface area contributed by atoms with Gasteiger partial charge in [0.25, 0.3) is 0 Å². The highest BCUT2D eigenvalue weighted by atomic mass is 19.1. The molecule has 0 aliphatic rings. The molecule has 26 heavy (non-hydrogen) atoms. The summed E-state index contributed by atoms with van der Waals surface area (Å²) in [7, 11) is 2.93. The fourth-order valence-corrected chi connectivity index (χ4v) is 2.72. The summed E-state index contributed by atoms with van der Waals surface area (Å²) in [4.78, 5) is 15.3. The summed E-state index contributed by atoms with van der Waals surface area (Å²) in [6, 6.07) is 4.14. The zero-order valence-electron chi connectivity index (χ0n) is 15.2. The molecule has 1 aromatic carbocycles. The van der Waals surface area contributed by atoms with Crippen LogP contribution >= 0.6 is 0 Å². The number of benzene rings is 1. The highest BCUT2D eigenvalue weighted by molar-refractivity contribution is 5.82. The van der Waals surface area contributed by atoms with Crippen molar-refractivity contribution in [3.63, 3.8) is 0 Å². The van der Waals surface area contributed by atoms with E-state index in [1.807, 2.05) is 6.92 Å². The number of nitro groups is 1. The molecule has 8 heteroatoms. The molecule has 0 amide bonds. The number of nitrogens with one attached hydrogen (secondary N) is 1. The maximum absolute atomic E-state index is 14.2. The molecule has 7 nitrogen and oxygen atoms in total. The van der Waals surface area contributed by atoms with Gasteiger partial charge in [-0.1, -0.05) is 6.92 Å². The predicted octanol–water partition coefficient (Wildman–Crippen LogP) is 3.95. The molecule has 0 spiro atoms. The van der Waals surface area contributed by atoms with Crippen molar-refractivity contribution < 1.29 is 18.8 Å². The molecule has 0 saturated heterocycles. The maximum Gasteiger partial charge on any atom is 0.319 e. The van der Waals surface area contributed by atoms with Crippen LogP contribution in [0.1, 0.15) is 18.9 Å². The lowest BCUT2D eigenvalue weighted by Crippen LogP contribution is -2.25. The van der Waals surface area contributed by atoms with Gasteiger partial charge < -0.3 is 14.8 Å². The summed E-state index contributed by atoms with van der Waals surface area (Å²) in [6.45, 7) is 4.07. The van der Waals surface area contributed by atoms with Crippen LogP contribution in [0.2, 0.25) is 0 Å². The monoisotopic (exact) mass is 363 g/mol. The fourth-order valence-electron chi connectivity index (χ4n) is 2.72. The minimum atomic E-state index is -0.584. The van der Waals surface area contributed by atoms with Gasteiger partial charge in [-0.15, -0.1) is 0 Å². The average Bonchev–Trinajstić information content (AvgIpc) is 2.62. The minimum Gasteiger partial charge on any atom is -0.494 e. The van der Waals surface area contributed by atoms with Gasteiger partial charge in [0.2, 0.25) is 5.82 Å². The first kappa shape index (κ1) is 19.6. The Labute approximate surface area is 151 Å². The molecular weight excluding hydrogens is 341 g/mol. The van der Waals surface area contributed by atoms with Crippen molar-refractivity contribution in [1.29, 1.82) is 0 Å². The number of halogens is 1. The Morgan fingerprint density at radius 3 is 2.65 bits per heavy atom. The van der Waals surface area contributed by atoms with Crippen molar-refractivity contribution in [2.24, 2.45) is 0 Å². The molecule has 1 aromatic heterocycles. The number of hydrogen-bond acceptors (Lipinski definition) is 6. The predicted molar refractivity (Wildman–Crippen MR) is 97.2 cm³/mol. The van der Waals surface area contributed by atoms with Crippen molar-refractivity contribution in [1.82, 2.24) is 4.98 Å². The normalized spacial score (nSPS) is 11.9. The Kier molecular flexibility index (Phi) is 6.46. The van der Waals surface area contributed by atoms with Crippen LogP contribution in [0.4, 0.5) is 15.9 Å². The summed E-state index contributed by atoms with van der Waals surface area (Å²) in [5.41, 5.74) is 1.17. The quantitative estimate of drug-likeness (QED) is 0.564. The second kappa shape index (κ2) is 8.57. The molecule has 2 rings (SSSR count). The van der Waals surface area contributed by atoms with Crippen molar-refractivity contribution >= 4 is 11.5 Å². The number of ether oxygens (including phenoxy) is 2. The molecule has 2 aromatic rings. The standard InChI is InChI=1S/C18H22FN3O4/c1-5-12(10-25-3)21-18-17(22(23)24)13(6-7-20-18)14-9-15(19)16(26-4)8-11(14)2/h6-9,12H,5,10H2,1-4H3,(H,20,21)/t12-/m1/s1. The van der Waals surface area contributed by atoms with Crippen molar-refractivity contribution in [3.05, 3.63) is 45.9 Å². The van der Waals surface area contributed by atoms with Gasteiger partial charge in [0, 0.05) is 13.3 Å². The lowest BCUT2D eigenvalue weighted by Gasteiger charge is -2.17. The van der Waals surface area contributed by atoms with E-state index in [1.165, 1.54) is 31.5 Å². The first-order chi connectivity index (χ1) is 12.4. The van der Waals surface area contributed by atoms with Gasteiger partial charge in [0.05, 0.1) is 30.2 Å². The highest BCUT2D eigenvalue weighted by Crippen LogP contribution is 2.38. The lowest BCUT2D eigenvalue weighted by atomic mass is 9.99. The van der Waals surface area contributed by atoms with E-state index in [1.54, 1.807) is 14.0 Å². The third kappa shape index (κ3) is 4.08. The van der Waals surface area contributed by atoms with Gasteiger partial charge in [-0.3, -0.25) is 10.1 Å². The topological polar surface area (TPSA) is 86.5 Å². The summed E-state index contributed by atoms with van der Waals surface area (Å²) in [6.07, 6.45) is 2.17. The molecule has 0 fully saturated rings.